The highest BCUT2D eigenvalue weighted by molar-refractivity contribution is 5.92. The molecule has 13 heteroatoms. The molecule has 1 aromatic carbocycles. The number of likely N-dealkylation sites (N-methyl/N-ethyl adjacent to an activating group) is 1. The molecule has 2 bridgehead atoms. The number of hydrogen-bond donors (Lipinski definition) is 3. The van der Waals surface area contributed by atoms with E-state index >= 15 is 4.79 Å². The number of carbonyl (C=O) groups is 3. The number of rotatable bonds is 7. The standard InChI is InChI=1S/C47H62N4O9/c1-9-43(55)23-29-24-46(41(53)58-7,37-30(14-18-50(25-29)26-43)31-20-27(3)12-13-34(31)48-37)33-21-32-35(22-36(33)57-6)49(5)39-45(32)16-19-51-17-11-15-44(10-2,38(45)51)40(60-28(4)52)47(39,56)42(54)59-8/h11-13,15,20-22,29,33,36,38-40,48,55-56H,9-10,14,16-19,23-26H2,1-8H3/t29-,33?,36?,38+,39-,40-,43+,44-,45-,46+,47+/m1/s1. The Bertz CT molecular complexity index is 2220. The highest BCUT2D eigenvalue weighted by atomic mass is 16.6. The Hall–Kier alpha value is -4.01. The van der Waals surface area contributed by atoms with Crippen molar-refractivity contribution in [3.05, 3.63) is 70.6 Å². The molecule has 3 saturated heterocycles. The first-order chi connectivity index (χ1) is 28.6. The Morgan fingerprint density at radius 1 is 0.983 bits per heavy atom. The number of aryl methyl sites for hydroxylation is 1. The molecular weight excluding hydrogens is 765 g/mol. The second kappa shape index (κ2) is 14.3. The molecule has 13 nitrogen and oxygen atoms in total. The molecule has 0 radical (unpaired) electrons. The number of aliphatic hydroxyl groups is 2. The number of allylic oxidation sites excluding steroid dienone is 1. The third-order valence-corrected chi connectivity index (χ3v) is 16.3. The summed E-state index contributed by atoms with van der Waals surface area (Å²) in [6, 6.07) is 5.18. The highest BCUT2D eigenvalue weighted by Crippen LogP contribution is 2.70. The van der Waals surface area contributed by atoms with Gasteiger partial charge in [0.25, 0.3) is 0 Å². The third kappa shape index (κ3) is 5.37. The number of hydrogen-bond acceptors (Lipinski definition) is 12. The number of nitrogens with one attached hydrogen (secondary N) is 1. The first kappa shape index (κ1) is 41.3. The van der Waals surface area contributed by atoms with E-state index < -0.39 is 63.6 Å². The van der Waals surface area contributed by atoms with Crippen molar-refractivity contribution >= 4 is 28.8 Å². The van der Waals surface area contributed by atoms with Crippen LogP contribution in [0.4, 0.5) is 0 Å². The Labute approximate surface area is 352 Å². The maximum Gasteiger partial charge on any atom is 0.344 e. The molecule has 6 heterocycles. The summed E-state index contributed by atoms with van der Waals surface area (Å²) in [6.07, 6.45) is 9.78. The fraction of sp³-hybridized carbons (Fsp3) is 0.638. The van der Waals surface area contributed by atoms with Gasteiger partial charge in [-0.3, -0.25) is 19.4 Å². The first-order valence-electron chi connectivity index (χ1n) is 21.9. The van der Waals surface area contributed by atoms with Crippen LogP contribution in [0.25, 0.3) is 10.9 Å². The van der Waals surface area contributed by atoms with Crippen molar-refractivity contribution < 1.29 is 43.5 Å². The maximum atomic E-state index is 15.4. The quantitative estimate of drug-likeness (QED) is 0.211. The van der Waals surface area contributed by atoms with Crippen LogP contribution in [-0.4, -0.2) is 144 Å². The van der Waals surface area contributed by atoms with E-state index in [0.29, 0.717) is 58.2 Å². The van der Waals surface area contributed by atoms with E-state index in [0.717, 1.165) is 52.1 Å². The topological polar surface area (TPSA) is 154 Å². The van der Waals surface area contributed by atoms with Crippen LogP contribution in [0.1, 0.15) is 69.7 Å². The molecule has 12 atom stereocenters. The summed E-state index contributed by atoms with van der Waals surface area (Å²) in [5.74, 6) is -2.52. The van der Waals surface area contributed by atoms with Crippen LogP contribution >= 0.6 is 0 Å². The summed E-state index contributed by atoms with van der Waals surface area (Å²) in [4.78, 5) is 53.5. The molecule has 4 fully saturated rings. The number of H-pyrrole nitrogens is 1. The van der Waals surface area contributed by atoms with Crippen molar-refractivity contribution in [2.24, 2.45) is 22.7 Å². The predicted molar refractivity (Wildman–Crippen MR) is 224 cm³/mol. The maximum absolute atomic E-state index is 15.4. The van der Waals surface area contributed by atoms with Crippen LogP contribution in [-0.2, 0) is 45.2 Å². The number of piperidine rings is 1. The van der Waals surface area contributed by atoms with Crippen LogP contribution in [0.3, 0.4) is 0 Å². The number of fused-ring (bicyclic) bond motifs is 6. The van der Waals surface area contributed by atoms with Crippen molar-refractivity contribution in [2.45, 2.75) is 107 Å². The molecule has 1 saturated carbocycles. The summed E-state index contributed by atoms with van der Waals surface area (Å²) in [7, 11) is 6.28. The predicted octanol–water partition coefficient (Wildman–Crippen LogP) is 3.94. The Kier molecular flexibility index (Phi) is 9.83. The average Bonchev–Trinajstić information content (AvgIpc) is 3.89. The minimum Gasteiger partial charge on any atom is -0.468 e. The lowest BCUT2D eigenvalue weighted by Crippen LogP contribution is -2.79. The highest BCUT2D eigenvalue weighted by Gasteiger charge is 2.81. The third-order valence-electron chi connectivity index (χ3n) is 16.3. The van der Waals surface area contributed by atoms with Crippen molar-refractivity contribution in [3.8, 4) is 0 Å². The lowest BCUT2D eigenvalue weighted by molar-refractivity contribution is -0.243. The van der Waals surface area contributed by atoms with Gasteiger partial charge in [-0.15, -0.1) is 0 Å². The summed E-state index contributed by atoms with van der Waals surface area (Å²) in [5, 5.41) is 26.5. The molecule has 5 aliphatic heterocycles. The number of ether oxygens (including phenoxy) is 4. The van der Waals surface area contributed by atoms with E-state index in [1.807, 2.05) is 25.8 Å². The van der Waals surface area contributed by atoms with Gasteiger partial charge in [-0.2, -0.15) is 0 Å². The largest absolute Gasteiger partial charge is 0.468 e. The number of methoxy groups -OCH3 is 3. The van der Waals surface area contributed by atoms with Gasteiger partial charge in [0.2, 0.25) is 5.60 Å². The van der Waals surface area contributed by atoms with Gasteiger partial charge in [-0.1, -0.05) is 43.7 Å². The van der Waals surface area contributed by atoms with E-state index in [4.69, 9.17) is 18.9 Å². The van der Waals surface area contributed by atoms with Gasteiger partial charge < -0.3 is 39.0 Å². The Balaban J connectivity index is 1.33. The van der Waals surface area contributed by atoms with Crippen molar-refractivity contribution in [2.75, 3.05) is 61.1 Å². The van der Waals surface area contributed by atoms with E-state index in [9.17, 15) is 19.8 Å². The van der Waals surface area contributed by atoms with Crippen LogP contribution in [0.2, 0.25) is 0 Å². The Morgan fingerprint density at radius 3 is 2.43 bits per heavy atom. The molecule has 2 aliphatic carbocycles. The van der Waals surface area contributed by atoms with Crippen LogP contribution < -0.4 is 0 Å². The number of nitrogens with zero attached hydrogens (tertiary/aromatic N) is 3. The molecule has 7 aliphatic rings. The first-order valence-corrected chi connectivity index (χ1v) is 21.9. The summed E-state index contributed by atoms with van der Waals surface area (Å²) in [6.45, 7) is 10.8. The van der Waals surface area contributed by atoms with E-state index in [2.05, 4.69) is 64.2 Å². The summed E-state index contributed by atoms with van der Waals surface area (Å²) >= 11 is 0. The number of aromatic amines is 1. The zero-order valence-electron chi connectivity index (χ0n) is 36.4. The zero-order valence-corrected chi connectivity index (χ0v) is 36.4. The lowest BCUT2D eigenvalue weighted by atomic mass is 9.47. The number of aromatic nitrogens is 1. The van der Waals surface area contributed by atoms with Crippen molar-refractivity contribution in [1.82, 2.24) is 19.7 Å². The molecule has 60 heavy (non-hydrogen) atoms. The molecule has 0 amide bonds. The van der Waals surface area contributed by atoms with Gasteiger partial charge >= 0.3 is 17.9 Å². The molecule has 2 aromatic rings. The van der Waals surface area contributed by atoms with Crippen LogP contribution in [0, 0.1) is 29.6 Å². The molecule has 1 spiro atoms. The van der Waals surface area contributed by atoms with Crippen LogP contribution in [0.15, 0.2) is 53.8 Å². The van der Waals surface area contributed by atoms with Gasteiger partial charge in [-0.05, 0) is 87.3 Å². The molecule has 1 aromatic heterocycles. The average molecular weight is 827 g/mol. The minimum atomic E-state index is -2.28. The van der Waals surface area contributed by atoms with Crippen molar-refractivity contribution in [3.63, 3.8) is 0 Å². The number of benzene rings is 1. The van der Waals surface area contributed by atoms with Gasteiger partial charge in [0.05, 0.1) is 32.0 Å². The monoisotopic (exact) mass is 826 g/mol. The fourth-order valence-electron chi connectivity index (χ4n) is 14.1. The molecular formula is C47H62N4O9. The Morgan fingerprint density at radius 2 is 1.75 bits per heavy atom. The molecule has 3 unspecified atom stereocenters. The number of likely N-dealkylation sites (tertiary alicyclic amines) is 1. The fourth-order valence-corrected chi connectivity index (χ4v) is 14.1. The molecule has 324 valence electrons. The van der Waals surface area contributed by atoms with E-state index in [1.165, 1.54) is 21.1 Å². The van der Waals surface area contributed by atoms with Gasteiger partial charge in [0, 0.05) is 92.3 Å². The second-order valence-corrected chi connectivity index (χ2v) is 19.1. The number of esters is 3. The molecule has 3 N–H and O–H groups in total. The van der Waals surface area contributed by atoms with E-state index in [-0.39, 0.29) is 17.9 Å². The van der Waals surface area contributed by atoms with Crippen LogP contribution in [0.5, 0.6) is 0 Å². The second-order valence-electron chi connectivity index (χ2n) is 19.1. The summed E-state index contributed by atoms with van der Waals surface area (Å²) < 4.78 is 24.2. The number of carbonyl (C=O) groups excluding carboxylic acids is 3. The van der Waals surface area contributed by atoms with E-state index in [1.54, 1.807) is 7.11 Å². The smallest absolute Gasteiger partial charge is 0.344 e. The van der Waals surface area contributed by atoms with Gasteiger partial charge in [0.15, 0.2) is 6.10 Å². The minimum absolute atomic E-state index is 0.0675. The molecule has 9 rings (SSSR count). The lowest BCUT2D eigenvalue weighted by Gasteiger charge is -2.63. The van der Waals surface area contributed by atoms with Crippen molar-refractivity contribution in [1.29, 1.82) is 0 Å². The van der Waals surface area contributed by atoms with Gasteiger partial charge in [0.1, 0.15) is 5.41 Å². The summed E-state index contributed by atoms with van der Waals surface area (Å²) in [5.41, 5.74) is -0.693. The zero-order chi connectivity index (χ0) is 42.7. The SMILES string of the molecule is CC[C@]1(O)C[C@H]2CN(CCc3c([nH]c4ccc(C)cc34)[C@@](C(=O)OC)(C3C=C4C(=CC3OC)N(C)[C@H]3[C@@](O)(C(=O)OC)[C@H](OC(C)=O)[C@]5(CC)C=CCN6CC[C@]43[C@@H]65)C2)C1. The normalized spacial score (nSPS) is 40.5. The van der Waals surface area contributed by atoms with Gasteiger partial charge in [-0.25, -0.2) is 4.79 Å².